The smallest absolute Gasteiger partial charge is 0.331 e. The van der Waals surface area contributed by atoms with Gasteiger partial charge in [-0.25, -0.2) is 4.79 Å². The lowest BCUT2D eigenvalue weighted by Crippen LogP contribution is -2.10. The molecular formula is C22H23N5O3. The van der Waals surface area contributed by atoms with Crippen LogP contribution in [0.15, 0.2) is 54.6 Å². The van der Waals surface area contributed by atoms with Crippen molar-refractivity contribution in [1.82, 2.24) is 15.0 Å². The molecule has 0 radical (unpaired) electrons. The number of hydrogen-bond acceptors (Lipinski definition) is 8. The number of carbonyl (C=O) groups excluding carboxylic acids is 1. The van der Waals surface area contributed by atoms with Crippen LogP contribution in [0.25, 0.3) is 6.08 Å². The van der Waals surface area contributed by atoms with E-state index < -0.39 is 5.97 Å². The number of anilines is 3. The van der Waals surface area contributed by atoms with Crippen molar-refractivity contribution in [1.29, 1.82) is 0 Å². The van der Waals surface area contributed by atoms with Gasteiger partial charge in [0.25, 0.3) is 0 Å². The Labute approximate surface area is 174 Å². The Kier molecular flexibility index (Phi) is 6.94. The van der Waals surface area contributed by atoms with Crippen molar-refractivity contribution in [3.05, 3.63) is 71.6 Å². The van der Waals surface area contributed by atoms with Crippen molar-refractivity contribution < 1.29 is 14.3 Å². The highest BCUT2D eigenvalue weighted by atomic mass is 16.5. The Hall–Kier alpha value is -3.94. The van der Waals surface area contributed by atoms with Crippen LogP contribution in [0.5, 0.6) is 5.75 Å². The Balaban J connectivity index is 1.62. The van der Waals surface area contributed by atoms with Crippen LogP contribution in [0, 0.1) is 0 Å². The van der Waals surface area contributed by atoms with E-state index in [1.807, 2.05) is 48.5 Å². The zero-order valence-corrected chi connectivity index (χ0v) is 16.8. The summed E-state index contributed by atoms with van der Waals surface area (Å²) in [5.74, 6) is 0.818. The van der Waals surface area contributed by atoms with Crippen molar-refractivity contribution in [3.8, 4) is 5.75 Å². The van der Waals surface area contributed by atoms with Gasteiger partial charge in [-0.15, -0.1) is 0 Å². The number of nitrogens with zero attached hydrogens (tertiary/aromatic N) is 3. The summed E-state index contributed by atoms with van der Waals surface area (Å²) in [6.07, 6.45) is 3.84. The van der Waals surface area contributed by atoms with E-state index in [0.29, 0.717) is 5.95 Å². The van der Waals surface area contributed by atoms with Gasteiger partial charge in [0.1, 0.15) is 5.75 Å². The van der Waals surface area contributed by atoms with Gasteiger partial charge in [0, 0.05) is 11.8 Å². The second kappa shape index (κ2) is 10.0. The molecule has 1 aromatic heterocycles. The van der Waals surface area contributed by atoms with Crippen LogP contribution in [-0.2, 0) is 22.6 Å². The minimum absolute atomic E-state index is 0.0429. The first-order chi connectivity index (χ1) is 14.6. The first-order valence-electron chi connectivity index (χ1n) is 9.41. The van der Waals surface area contributed by atoms with Gasteiger partial charge in [-0.1, -0.05) is 37.3 Å². The van der Waals surface area contributed by atoms with Gasteiger partial charge in [-0.2, -0.15) is 15.0 Å². The second-order valence-electron chi connectivity index (χ2n) is 6.28. The molecule has 0 fully saturated rings. The average Bonchev–Trinajstić information content (AvgIpc) is 2.76. The van der Waals surface area contributed by atoms with Gasteiger partial charge < -0.3 is 20.5 Å². The lowest BCUT2D eigenvalue weighted by atomic mass is 10.1. The molecule has 0 aliphatic carbocycles. The summed E-state index contributed by atoms with van der Waals surface area (Å²) >= 11 is 0. The number of nitrogens with two attached hydrogens (primary N) is 1. The molecule has 0 saturated carbocycles. The topological polar surface area (TPSA) is 112 Å². The minimum atomic E-state index is -0.518. The molecule has 0 unspecified atom stereocenters. The maximum absolute atomic E-state index is 12.0. The van der Waals surface area contributed by atoms with Crippen molar-refractivity contribution >= 4 is 29.6 Å². The number of benzene rings is 2. The summed E-state index contributed by atoms with van der Waals surface area (Å²) in [5, 5.41) is 3.14. The Morgan fingerprint density at radius 3 is 2.60 bits per heavy atom. The number of rotatable bonds is 8. The van der Waals surface area contributed by atoms with Gasteiger partial charge in [-0.05, 0) is 41.8 Å². The van der Waals surface area contributed by atoms with E-state index in [-0.39, 0.29) is 18.4 Å². The van der Waals surface area contributed by atoms with E-state index in [0.717, 1.165) is 29.0 Å². The van der Waals surface area contributed by atoms with Crippen molar-refractivity contribution in [2.24, 2.45) is 0 Å². The molecule has 3 N–H and O–H groups in total. The number of esters is 1. The number of aryl methyl sites for hydroxylation is 1. The van der Waals surface area contributed by atoms with Crippen LogP contribution in [0.2, 0.25) is 0 Å². The zero-order valence-electron chi connectivity index (χ0n) is 16.8. The minimum Gasteiger partial charge on any atom is -0.497 e. The number of carbonyl (C=O) groups is 1. The number of aromatic nitrogens is 3. The Morgan fingerprint density at radius 1 is 1.10 bits per heavy atom. The van der Waals surface area contributed by atoms with Crippen molar-refractivity contribution in [3.63, 3.8) is 0 Å². The van der Waals surface area contributed by atoms with E-state index in [1.165, 1.54) is 6.08 Å². The quantitative estimate of drug-likeness (QED) is 0.432. The fourth-order valence-electron chi connectivity index (χ4n) is 2.69. The third kappa shape index (κ3) is 5.78. The lowest BCUT2D eigenvalue weighted by Gasteiger charge is -2.10. The molecule has 0 saturated heterocycles. The molecule has 0 atom stereocenters. The molecule has 30 heavy (non-hydrogen) atoms. The standard InChI is InChI=1S/C22H23N5O3/c1-3-16-6-4-5-7-18(16)24-22-26-19(25-21(23)27-22)14-30-20(28)13-10-15-8-11-17(29-2)12-9-15/h4-13H,3,14H2,1-2H3,(H3,23,24,25,26,27)/b13-10+. The largest absolute Gasteiger partial charge is 0.497 e. The number of methoxy groups -OCH3 is 1. The number of nitrogens with one attached hydrogen (secondary N) is 1. The third-order valence-electron chi connectivity index (χ3n) is 4.21. The molecule has 1 heterocycles. The highest BCUT2D eigenvalue weighted by Crippen LogP contribution is 2.19. The Bertz CT molecular complexity index is 1040. The maximum atomic E-state index is 12.0. The molecular weight excluding hydrogens is 382 g/mol. The highest BCUT2D eigenvalue weighted by Gasteiger charge is 2.09. The first kappa shape index (κ1) is 20.8. The highest BCUT2D eigenvalue weighted by molar-refractivity contribution is 5.87. The summed E-state index contributed by atoms with van der Waals surface area (Å²) in [6, 6.07) is 15.1. The summed E-state index contributed by atoms with van der Waals surface area (Å²) in [7, 11) is 1.60. The van der Waals surface area contributed by atoms with E-state index >= 15 is 0 Å². The molecule has 3 aromatic rings. The lowest BCUT2D eigenvalue weighted by molar-refractivity contribution is -0.139. The summed E-state index contributed by atoms with van der Waals surface area (Å²) in [6.45, 7) is 1.94. The number of nitrogen functional groups attached to an aromatic ring is 1. The summed E-state index contributed by atoms with van der Waals surface area (Å²) < 4.78 is 10.3. The first-order valence-corrected chi connectivity index (χ1v) is 9.41. The number of hydrogen-bond donors (Lipinski definition) is 2. The van der Waals surface area contributed by atoms with Crippen LogP contribution in [-0.4, -0.2) is 28.0 Å². The number of para-hydroxylation sites is 1. The van der Waals surface area contributed by atoms with Gasteiger partial charge in [0.05, 0.1) is 7.11 Å². The fraction of sp³-hybridized carbons (Fsp3) is 0.182. The zero-order chi connectivity index (χ0) is 21.3. The average molecular weight is 405 g/mol. The van der Waals surface area contributed by atoms with Gasteiger partial charge >= 0.3 is 5.97 Å². The molecule has 0 bridgehead atoms. The normalized spacial score (nSPS) is 10.7. The maximum Gasteiger partial charge on any atom is 0.331 e. The molecule has 0 aliphatic heterocycles. The second-order valence-corrected chi connectivity index (χ2v) is 6.28. The summed E-state index contributed by atoms with van der Waals surface area (Å²) in [5.41, 5.74) is 8.63. The predicted molar refractivity (Wildman–Crippen MR) is 115 cm³/mol. The van der Waals surface area contributed by atoms with Crippen LogP contribution in [0.4, 0.5) is 17.6 Å². The van der Waals surface area contributed by atoms with E-state index in [9.17, 15) is 4.79 Å². The summed E-state index contributed by atoms with van der Waals surface area (Å²) in [4.78, 5) is 24.4. The van der Waals surface area contributed by atoms with E-state index in [2.05, 4.69) is 27.2 Å². The SMILES string of the molecule is CCc1ccccc1Nc1nc(N)nc(COC(=O)/C=C/c2ccc(OC)cc2)n1. The van der Waals surface area contributed by atoms with E-state index in [1.54, 1.807) is 13.2 Å². The van der Waals surface area contributed by atoms with Crippen LogP contribution in [0.3, 0.4) is 0 Å². The van der Waals surface area contributed by atoms with E-state index in [4.69, 9.17) is 15.2 Å². The van der Waals surface area contributed by atoms with Gasteiger partial charge in [0.2, 0.25) is 11.9 Å². The third-order valence-corrected chi connectivity index (χ3v) is 4.21. The number of ether oxygens (including phenoxy) is 2. The Morgan fingerprint density at radius 2 is 1.87 bits per heavy atom. The fourth-order valence-corrected chi connectivity index (χ4v) is 2.69. The van der Waals surface area contributed by atoms with Gasteiger partial charge in [-0.3, -0.25) is 0 Å². The molecule has 3 rings (SSSR count). The molecule has 0 spiro atoms. The molecule has 2 aromatic carbocycles. The van der Waals surface area contributed by atoms with Crippen molar-refractivity contribution in [2.45, 2.75) is 20.0 Å². The molecule has 154 valence electrons. The molecule has 0 aliphatic rings. The molecule has 8 nitrogen and oxygen atoms in total. The predicted octanol–water partition coefficient (Wildman–Crippen LogP) is 3.53. The monoisotopic (exact) mass is 405 g/mol. The van der Waals surface area contributed by atoms with Crippen LogP contribution < -0.4 is 15.8 Å². The van der Waals surface area contributed by atoms with Crippen LogP contribution in [0.1, 0.15) is 23.9 Å². The van der Waals surface area contributed by atoms with Crippen LogP contribution >= 0.6 is 0 Å². The van der Waals surface area contributed by atoms with Gasteiger partial charge in [0.15, 0.2) is 12.4 Å². The van der Waals surface area contributed by atoms with Crippen molar-refractivity contribution in [2.75, 3.05) is 18.2 Å². The molecule has 8 heteroatoms. The molecule has 0 amide bonds.